The van der Waals surface area contributed by atoms with Gasteiger partial charge >= 0.3 is 0 Å². The highest BCUT2D eigenvalue weighted by Crippen LogP contribution is 2.26. The highest BCUT2D eigenvalue weighted by atomic mass is 32.1. The van der Waals surface area contributed by atoms with Crippen molar-refractivity contribution in [1.29, 1.82) is 0 Å². The third-order valence-electron chi connectivity index (χ3n) is 4.88. The van der Waals surface area contributed by atoms with E-state index in [4.69, 9.17) is 4.98 Å². The molecule has 124 valence electrons. The van der Waals surface area contributed by atoms with E-state index >= 15 is 0 Å². The van der Waals surface area contributed by atoms with Crippen molar-refractivity contribution in [3.63, 3.8) is 0 Å². The number of rotatable bonds is 3. The third-order valence-corrected chi connectivity index (χ3v) is 6.01. The molecule has 0 bridgehead atoms. The number of anilines is 1. The van der Waals surface area contributed by atoms with Gasteiger partial charge in [-0.05, 0) is 36.2 Å². The Balaban J connectivity index is 1.40. The van der Waals surface area contributed by atoms with E-state index in [1.54, 1.807) is 0 Å². The molecule has 1 aromatic heterocycles. The highest BCUT2D eigenvalue weighted by molar-refractivity contribution is 7.15. The van der Waals surface area contributed by atoms with Crippen LogP contribution < -0.4 is 4.90 Å². The number of piperazine rings is 1. The standard InChI is InChI=1S/C20H23N3S/c1-15-16(2)24-20(21-15)23-11-9-22(10-12-23)14-17-7-8-18-5-3-4-6-19(18)13-17/h3-8,13H,9-12,14H2,1-2H3. The zero-order valence-corrected chi connectivity index (χ0v) is 15.1. The van der Waals surface area contributed by atoms with E-state index in [0.29, 0.717) is 0 Å². The molecule has 0 N–H and O–H groups in total. The van der Waals surface area contributed by atoms with Crippen LogP contribution in [0.15, 0.2) is 42.5 Å². The average Bonchev–Trinajstić information content (AvgIpc) is 2.94. The summed E-state index contributed by atoms with van der Waals surface area (Å²) in [5.74, 6) is 0. The summed E-state index contributed by atoms with van der Waals surface area (Å²) in [6, 6.07) is 15.4. The molecular weight excluding hydrogens is 314 g/mol. The van der Waals surface area contributed by atoms with Crippen LogP contribution in [0.3, 0.4) is 0 Å². The second kappa shape index (κ2) is 6.54. The van der Waals surface area contributed by atoms with Gasteiger partial charge in [0.2, 0.25) is 0 Å². The molecule has 1 aliphatic rings. The van der Waals surface area contributed by atoms with E-state index in [1.165, 1.54) is 32.0 Å². The fourth-order valence-electron chi connectivity index (χ4n) is 3.28. The maximum atomic E-state index is 4.70. The van der Waals surface area contributed by atoms with Gasteiger partial charge < -0.3 is 4.90 Å². The number of benzene rings is 2. The first-order valence-corrected chi connectivity index (χ1v) is 9.40. The lowest BCUT2D eigenvalue weighted by Crippen LogP contribution is -2.45. The van der Waals surface area contributed by atoms with Gasteiger partial charge in [-0.15, -0.1) is 11.3 Å². The monoisotopic (exact) mass is 337 g/mol. The first-order valence-electron chi connectivity index (χ1n) is 8.58. The summed E-state index contributed by atoms with van der Waals surface area (Å²) in [6.07, 6.45) is 0. The van der Waals surface area contributed by atoms with Crippen LogP contribution >= 0.6 is 11.3 Å². The van der Waals surface area contributed by atoms with E-state index in [0.717, 1.165) is 32.7 Å². The highest BCUT2D eigenvalue weighted by Gasteiger charge is 2.20. The molecule has 2 aromatic carbocycles. The Morgan fingerprint density at radius 3 is 2.42 bits per heavy atom. The first kappa shape index (κ1) is 15.6. The maximum Gasteiger partial charge on any atom is 0.185 e. The molecule has 0 amide bonds. The smallest absolute Gasteiger partial charge is 0.185 e. The minimum Gasteiger partial charge on any atom is -0.346 e. The summed E-state index contributed by atoms with van der Waals surface area (Å²) in [5, 5.41) is 3.85. The van der Waals surface area contributed by atoms with E-state index < -0.39 is 0 Å². The average molecular weight is 337 g/mol. The van der Waals surface area contributed by atoms with Crippen molar-refractivity contribution >= 4 is 27.2 Å². The summed E-state index contributed by atoms with van der Waals surface area (Å²) >= 11 is 1.82. The lowest BCUT2D eigenvalue weighted by molar-refractivity contribution is 0.250. The predicted octanol–water partition coefficient (Wildman–Crippen LogP) is 4.24. The number of nitrogens with zero attached hydrogens (tertiary/aromatic N) is 3. The van der Waals surface area contributed by atoms with Gasteiger partial charge in [0.1, 0.15) is 0 Å². The maximum absolute atomic E-state index is 4.70. The van der Waals surface area contributed by atoms with Crippen molar-refractivity contribution in [3.05, 3.63) is 58.6 Å². The molecule has 3 aromatic rings. The van der Waals surface area contributed by atoms with Crippen molar-refractivity contribution < 1.29 is 0 Å². The van der Waals surface area contributed by atoms with Crippen LogP contribution in [0.5, 0.6) is 0 Å². The Morgan fingerprint density at radius 1 is 0.958 bits per heavy atom. The number of hydrogen-bond acceptors (Lipinski definition) is 4. The third kappa shape index (κ3) is 3.17. The Labute approximate surface area is 147 Å². The zero-order chi connectivity index (χ0) is 16.5. The number of aryl methyl sites for hydroxylation is 2. The largest absolute Gasteiger partial charge is 0.346 e. The second-order valence-electron chi connectivity index (χ2n) is 6.58. The summed E-state index contributed by atoms with van der Waals surface area (Å²) in [7, 11) is 0. The van der Waals surface area contributed by atoms with Crippen molar-refractivity contribution in [2.45, 2.75) is 20.4 Å². The second-order valence-corrected chi connectivity index (χ2v) is 7.76. The summed E-state index contributed by atoms with van der Waals surface area (Å²) in [5.41, 5.74) is 2.58. The van der Waals surface area contributed by atoms with E-state index in [-0.39, 0.29) is 0 Å². The SMILES string of the molecule is Cc1nc(N2CCN(Cc3ccc4ccccc4c3)CC2)sc1C. The first-order chi connectivity index (χ1) is 11.7. The quantitative estimate of drug-likeness (QED) is 0.713. The van der Waals surface area contributed by atoms with Crippen LogP contribution in [0.25, 0.3) is 10.8 Å². The Hall–Kier alpha value is -1.91. The molecule has 0 saturated carbocycles. The van der Waals surface area contributed by atoms with Gasteiger partial charge in [0.15, 0.2) is 5.13 Å². The summed E-state index contributed by atoms with van der Waals surface area (Å²) < 4.78 is 0. The van der Waals surface area contributed by atoms with Crippen molar-refractivity contribution in [3.8, 4) is 0 Å². The van der Waals surface area contributed by atoms with Gasteiger partial charge in [0.25, 0.3) is 0 Å². The van der Waals surface area contributed by atoms with Gasteiger partial charge in [0.05, 0.1) is 5.69 Å². The fourth-order valence-corrected chi connectivity index (χ4v) is 4.25. The van der Waals surface area contributed by atoms with E-state index in [1.807, 2.05) is 11.3 Å². The lowest BCUT2D eigenvalue weighted by atomic mass is 10.1. The molecule has 1 aliphatic heterocycles. The summed E-state index contributed by atoms with van der Waals surface area (Å²) in [4.78, 5) is 11.0. The van der Waals surface area contributed by atoms with Gasteiger partial charge in [-0.2, -0.15) is 0 Å². The molecule has 0 unspecified atom stereocenters. The number of fused-ring (bicyclic) bond motifs is 1. The summed E-state index contributed by atoms with van der Waals surface area (Å²) in [6.45, 7) is 9.64. The lowest BCUT2D eigenvalue weighted by Gasteiger charge is -2.34. The van der Waals surface area contributed by atoms with Crippen molar-refractivity contribution in [2.75, 3.05) is 31.1 Å². The molecule has 1 fully saturated rings. The van der Waals surface area contributed by atoms with Gasteiger partial charge in [-0.3, -0.25) is 4.90 Å². The number of thiazole rings is 1. The van der Waals surface area contributed by atoms with Crippen LogP contribution in [0.2, 0.25) is 0 Å². The van der Waals surface area contributed by atoms with E-state index in [2.05, 4.69) is 66.1 Å². The molecule has 0 aliphatic carbocycles. The normalized spacial score (nSPS) is 16.0. The molecule has 4 heteroatoms. The Kier molecular flexibility index (Phi) is 4.25. The Bertz CT molecular complexity index is 827. The van der Waals surface area contributed by atoms with Crippen LogP contribution in [-0.2, 0) is 6.54 Å². The van der Waals surface area contributed by atoms with Crippen LogP contribution in [-0.4, -0.2) is 36.1 Å². The molecule has 0 radical (unpaired) electrons. The zero-order valence-electron chi connectivity index (χ0n) is 14.3. The van der Waals surface area contributed by atoms with Crippen LogP contribution in [0.4, 0.5) is 5.13 Å². The minimum atomic E-state index is 1.04. The van der Waals surface area contributed by atoms with Gasteiger partial charge in [0, 0.05) is 37.6 Å². The van der Waals surface area contributed by atoms with Crippen LogP contribution in [0.1, 0.15) is 16.1 Å². The predicted molar refractivity (Wildman–Crippen MR) is 103 cm³/mol. The van der Waals surface area contributed by atoms with Gasteiger partial charge in [-0.25, -0.2) is 4.98 Å². The molecule has 24 heavy (non-hydrogen) atoms. The molecule has 0 atom stereocenters. The molecular formula is C20H23N3S. The molecule has 4 rings (SSSR count). The Morgan fingerprint density at radius 2 is 1.71 bits per heavy atom. The van der Waals surface area contributed by atoms with Crippen molar-refractivity contribution in [2.24, 2.45) is 0 Å². The van der Waals surface area contributed by atoms with Crippen molar-refractivity contribution in [1.82, 2.24) is 9.88 Å². The molecule has 3 nitrogen and oxygen atoms in total. The molecule has 0 spiro atoms. The topological polar surface area (TPSA) is 19.4 Å². The molecule has 2 heterocycles. The minimum absolute atomic E-state index is 1.04. The van der Waals surface area contributed by atoms with Gasteiger partial charge in [-0.1, -0.05) is 36.4 Å². The van der Waals surface area contributed by atoms with Crippen LogP contribution in [0, 0.1) is 13.8 Å². The molecule has 1 saturated heterocycles. The number of aromatic nitrogens is 1. The fraction of sp³-hybridized carbons (Fsp3) is 0.350. The van der Waals surface area contributed by atoms with E-state index in [9.17, 15) is 0 Å². The number of hydrogen-bond donors (Lipinski definition) is 0.